The molecule has 6 nitrogen and oxygen atoms in total. The average molecular weight is 480 g/mol. The molecule has 1 fully saturated rings. The molecule has 2 unspecified atom stereocenters. The van der Waals surface area contributed by atoms with Gasteiger partial charge in [-0.1, -0.05) is 29.8 Å². The molecule has 1 saturated heterocycles. The Labute approximate surface area is 192 Å². The number of carbonyl (C=O) groups is 3. The molecule has 1 N–H and O–H groups in total. The van der Waals surface area contributed by atoms with Crippen LogP contribution in [0.5, 0.6) is 0 Å². The van der Waals surface area contributed by atoms with E-state index in [1.165, 1.54) is 39.8 Å². The molecular weight excluding hydrogens is 461 g/mol. The minimum Gasteiger partial charge on any atom is -0.350 e. The molecule has 0 radical (unpaired) electrons. The summed E-state index contributed by atoms with van der Waals surface area (Å²) in [5.41, 5.74) is 0.645. The molecular formula is C21H19ClFN3O3S2. The lowest BCUT2D eigenvalue weighted by atomic mass is 10.1. The molecule has 0 saturated carbocycles. The van der Waals surface area contributed by atoms with E-state index in [-0.39, 0.29) is 36.5 Å². The molecule has 0 bridgehead atoms. The number of thioether (sulfide) groups is 1. The maximum absolute atomic E-state index is 13.3. The molecule has 0 aliphatic carbocycles. The number of hydrogen-bond acceptors (Lipinski definition) is 5. The number of halogens is 2. The zero-order chi connectivity index (χ0) is 22.0. The van der Waals surface area contributed by atoms with Gasteiger partial charge in [-0.3, -0.25) is 14.5 Å². The normalized spacial score (nSPS) is 20.3. The van der Waals surface area contributed by atoms with Gasteiger partial charge in [0, 0.05) is 18.0 Å². The lowest BCUT2D eigenvalue weighted by molar-refractivity contribution is -0.133. The van der Waals surface area contributed by atoms with Gasteiger partial charge >= 0.3 is 6.03 Å². The molecule has 162 valence electrons. The first-order valence-electron chi connectivity index (χ1n) is 9.61. The number of thiophene rings is 1. The topological polar surface area (TPSA) is 69.7 Å². The Kier molecular flexibility index (Phi) is 6.64. The largest absolute Gasteiger partial charge is 0.350 e. The molecule has 1 aromatic carbocycles. The minimum absolute atomic E-state index is 0.0196. The first-order chi connectivity index (χ1) is 14.9. The van der Waals surface area contributed by atoms with Crippen molar-refractivity contribution >= 4 is 52.5 Å². The van der Waals surface area contributed by atoms with E-state index < -0.39 is 23.1 Å². The van der Waals surface area contributed by atoms with E-state index in [9.17, 15) is 18.8 Å². The van der Waals surface area contributed by atoms with Gasteiger partial charge in [0.15, 0.2) is 0 Å². The monoisotopic (exact) mass is 479 g/mol. The van der Waals surface area contributed by atoms with Crippen molar-refractivity contribution in [1.82, 2.24) is 15.1 Å². The first-order valence-corrected chi connectivity index (χ1v) is 11.8. The van der Waals surface area contributed by atoms with Crippen LogP contribution in [0.25, 0.3) is 0 Å². The Morgan fingerprint density at radius 2 is 2.10 bits per heavy atom. The summed E-state index contributed by atoms with van der Waals surface area (Å²) >= 11 is 8.71. The number of hydrogen-bond donors (Lipinski definition) is 1. The summed E-state index contributed by atoms with van der Waals surface area (Å²) in [6.07, 6.45) is 2.37. The molecule has 2 atom stereocenters. The molecule has 1 aromatic heterocycles. The number of imide groups is 1. The Hall–Kier alpha value is -2.36. The highest BCUT2D eigenvalue weighted by Crippen LogP contribution is 2.34. The second-order valence-electron chi connectivity index (χ2n) is 7.13. The van der Waals surface area contributed by atoms with Crippen molar-refractivity contribution in [2.24, 2.45) is 0 Å². The number of fused-ring (bicyclic) bond motifs is 1. The van der Waals surface area contributed by atoms with Crippen LogP contribution in [0, 0.1) is 5.82 Å². The van der Waals surface area contributed by atoms with Gasteiger partial charge in [0.2, 0.25) is 11.8 Å². The molecule has 3 heterocycles. The van der Waals surface area contributed by atoms with Crippen molar-refractivity contribution in [2.45, 2.75) is 24.3 Å². The number of carbonyl (C=O) groups excluding carboxylic acids is 3. The smallest absolute Gasteiger partial charge is 0.327 e. The molecule has 4 amide bonds. The molecule has 2 aromatic rings. The number of amides is 4. The highest BCUT2D eigenvalue weighted by molar-refractivity contribution is 8.03. The van der Waals surface area contributed by atoms with Gasteiger partial charge in [-0.15, -0.1) is 23.1 Å². The van der Waals surface area contributed by atoms with Crippen molar-refractivity contribution in [2.75, 3.05) is 13.1 Å². The van der Waals surface area contributed by atoms with E-state index in [2.05, 4.69) is 5.32 Å². The summed E-state index contributed by atoms with van der Waals surface area (Å²) in [6.45, 7) is 0.247. The number of benzene rings is 1. The molecule has 2 aliphatic rings. The van der Waals surface area contributed by atoms with Crippen LogP contribution in [-0.2, 0) is 22.6 Å². The van der Waals surface area contributed by atoms with Gasteiger partial charge in [-0.25, -0.2) is 9.18 Å². The van der Waals surface area contributed by atoms with Crippen molar-refractivity contribution in [3.8, 4) is 0 Å². The predicted octanol–water partition coefficient (Wildman–Crippen LogP) is 3.66. The minimum atomic E-state index is -0.528. The molecule has 0 spiro atoms. The summed E-state index contributed by atoms with van der Waals surface area (Å²) in [7, 11) is 0. The van der Waals surface area contributed by atoms with E-state index in [0.717, 1.165) is 4.88 Å². The number of nitrogens with one attached hydrogen (secondary N) is 1. The number of urea groups is 1. The van der Waals surface area contributed by atoms with Crippen LogP contribution in [0.1, 0.15) is 10.4 Å². The summed E-state index contributed by atoms with van der Waals surface area (Å²) in [5, 5.41) is 6.02. The lowest BCUT2D eigenvalue weighted by Gasteiger charge is -2.40. The van der Waals surface area contributed by atoms with Crippen molar-refractivity contribution in [3.05, 3.63) is 68.5 Å². The van der Waals surface area contributed by atoms with Crippen molar-refractivity contribution < 1.29 is 18.8 Å². The average Bonchev–Trinajstić information content (AvgIpc) is 3.44. The van der Waals surface area contributed by atoms with Gasteiger partial charge in [0.1, 0.15) is 17.6 Å². The lowest BCUT2D eigenvalue weighted by Crippen LogP contribution is -2.63. The fourth-order valence-electron chi connectivity index (χ4n) is 3.51. The molecule has 2 aliphatic heterocycles. The number of nitrogens with zero attached hydrogens (tertiary/aromatic N) is 2. The predicted molar refractivity (Wildman–Crippen MR) is 119 cm³/mol. The summed E-state index contributed by atoms with van der Waals surface area (Å²) < 4.78 is 13.3. The van der Waals surface area contributed by atoms with Crippen LogP contribution >= 0.6 is 34.7 Å². The van der Waals surface area contributed by atoms with Crippen LogP contribution in [0.3, 0.4) is 0 Å². The third-order valence-corrected chi connectivity index (χ3v) is 7.42. The van der Waals surface area contributed by atoms with Crippen LogP contribution in [0.4, 0.5) is 9.18 Å². The molecule has 4 rings (SSSR count). The van der Waals surface area contributed by atoms with Gasteiger partial charge in [0.05, 0.1) is 11.1 Å². The Morgan fingerprint density at radius 1 is 1.26 bits per heavy atom. The van der Waals surface area contributed by atoms with Crippen LogP contribution < -0.4 is 5.32 Å². The summed E-state index contributed by atoms with van der Waals surface area (Å²) in [4.78, 5) is 42.3. The SMILES string of the molecule is O=C(CN1C(=O)N(CCc2cccs2)C(=O)C2SC=CC21)NCc1ccc(F)c(Cl)c1. The number of rotatable bonds is 7. The van der Waals surface area contributed by atoms with E-state index in [1.54, 1.807) is 22.8 Å². The van der Waals surface area contributed by atoms with E-state index in [4.69, 9.17) is 11.6 Å². The Balaban J connectivity index is 1.41. The standard InChI is InChI=1S/C21H19ClFN3O3S2/c22-15-10-13(3-4-16(15)23)11-24-18(27)12-26-17-6-9-31-19(17)20(28)25(21(26)29)7-5-14-2-1-8-30-14/h1-4,6,8-10,17,19H,5,7,11-12H2,(H,24,27). The maximum Gasteiger partial charge on any atom is 0.327 e. The zero-order valence-electron chi connectivity index (χ0n) is 16.3. The second kappa shape index (κ2) is 9.42. The van der Waals surface area contributed by atoms with Gasteiger partial charge in [0.25, 0.3) is 0 Å². The van der Waals surface area contributed by atoms with E-state index in [0.29, 0.717) is 12.0 Å². The summed E-state index contributed by atoms with van der Waals surface area (Å²) in [6, 6.07) is 7.19. The third kappa shape index (κ3) is 4.78. The first kappa shape index (κ1) is 21.9. The van der Waals surface area contributed by atoms with E-state index >= 15 is 0 Å². The van der Waals surface area contributed by atoms with Crippen LogP contribution in [-0.4, -0.2) is 52.0 Å². The van der Waals surface area contributed by atoms with Gasteiger partial charge < -0.3 is 10.2 Å². The van der Waals surface area contributed by atoms with Crippen LogP contribution in [0.2, 0.25) is 5.02 Å². The van der Waals surface area contributed by atoms with Crippen LogP contribution in [0.15, 0.2) is 47.2 Å². The highest BCUT2D eigenvalue weighted by atomic mass is 35.5. The highest BCUT2D eigenvalue weighted by Gasteiger charge is 2.47. The van der Waals surface area contributed by atoms with Gasteiger partial charge in [-0.05, 0) is 41.0 Å². The summed E-state index contributed by atoms with van der Waals surface area (Å²) in [5.74, 6) is -1.12. The molecule has 31 heavy (non-hydrogen) atoms. The fourth-order valence-corrected chi connectivity index (χ4v) is 5.48. The molecule has 10 heteroatoms. The quantitative estimate of drug-likeness (QED) is 0.658. The maximum atomic E-state index is 13.3. The zero-order valence-corrected chi connectivity index (χ0v) is 18.7. The van der Waals surface area contributed by atoms with Crippen molar-refractivity contribution in [1.29, 1.82) is 0 Å². The van der Waals surface area contributed by atoms with Gasteiger partial charge in [-0.2, -0.15) is 0 Å². The fraction of sp³-hybridized carbons (Fsp3) is 0.286. The second-order valence-corrected chi connectivity index (χ2v) is 9.62. The Morgan fingerprint density at radius 3 is 2.84 bits per heavy atom. The van der Waals surface area contributed by atoms with E-state index in [1.807, 2.05) is 17.5 Å². The Bertz CT molecular complexity index is 1030. The third-order valence-electron chi connectivity index (χ3n) is 5.11. The van der Waals surface area contributed by atoms with Crippen molar-refractivity contribution in [3.63, 3.8) is 0 Å².